The summed E-state index contributed by atoms with van der Waals surface area (Å²) in [6, 6.07) is 4.98. The van der Waals surface area contributed by atoms with Crippen molar-refractivity contribution in [2.24, 2.45) is 0 Å². The van der Waals surface area contributed by atoms with Crippen molar-refractivity contribution in [3.63, 3.8) is 0 Å². The Balaban J connectivity index is 0.000000424. The van der Waals surface area contributed by atoms with Gasteiger partial charge in [0.05, 0.1) is 0 Å². The van der Waals surface area contributed by atoms with Crippen molar-refractivity contribution < 1.29 is 9.13 Å². The fraction of sp³-hybridized carbons (Fsp3) is 0.400. The molecule has 0 aliphatic heterocycles. The van der Waals surface area contributed by atoms with Gasteiger partial charge < -0.3 is 4.74 Å². The predicted octanol–water partition coefficient (Wildman–Crippen LogP) is 3.41. The summed E-state index contributed by atoms with van der Waals surface area (Å²) in [6.45, 7) is 1.94. The van der Waals surface area contributed by atoms with Crippen LogP contribution in [0.4, 0.5) is 4.39 Å². The largest absolute Gasteiger partial charge is 0.388 e. The summed E-state index contributed by atoms with van der Waals surface area (Å²) in [7, 11) is 3.25. The van der Waals surface area contributed by atoms with Crippen LogP contribution in [0.15, 0.2) is 22.7 Å². The van der Waals surface area contributed by atoms with E-state index < -0.39 is 0 Å². The number of aryl methyl sites for hydroxylation is 1. The Morgan fingerprint density at radius 1 is 1.38 bits per heavy atom. The molecule has 0 N–H and O–H groups in total. The molecule has 0 aromatic heterocycles. The molecule has 0 radical (unpaired) electrons. The lowest BCUT2D eigenvalue weighted by Crippen LogP contribution is -1.85. The third-order valence-electron chi connectivity index (χ3n) is 1.39. The maximum absolute atomic E-state index is 12.7. The molecule has 1 nitrogen and oxygen atoms in total. The van der Waals surface area contributed by atoms with Crippen molar-refractivity contribution in [3.8, 4) is 0 Å². The highest BCUT2D eigenvalue weighted by Gasteiger charge is 1.98. The molecule has 13 heavy (non-hydrogen) atoms. The highest BCUT2D eigenvalue weighted by atomic mass is 79.9. The summed E-state index contributed by atoms with van der Waals surface area (Å²) in [5.41, 5.74) is 0.759. The van der Waals surface area contributed by atoms with Crippen LogP contribution in [0.25, 0.3) is 0 Å². The first-order valence-corrected chi connectivity index (χ1v) is 4.79. The number of rotatable bonds is 1. The van der Waals surface area contributed by atoms with E-state index in [2.05, 4.69) is 20.7 Å². The summed E-state index contributed by atoms with van der Waals surface area (Å²) < 4.78 is 17.9. The molecule has 1 rings (SSSR count). The minimum absolute atomic E-state index is 0.120. The normalized spacial score (nSPS) is 9.00. The van der Waals surface area contributed by atoms with Crippen LogP contribution in [0.3, 0.4) is 0 Å². The van der Waals surface area contributed by atoms with Crippen molar-refractivity contribution in [2.75, 3.05) is 14.2 Å². The molecule has 0 aliphatic carbocycles. The molecule has 0 saturated heterocycles. The molecule has 0 heterocycles. The highest BCUT2D eigenvalue weighted by Crippen LogP contribution is 2.15. The summed E-state index contributed by atoms with van der Waals surface area (Å²) >= 11 is 3.27. The van der Waals surface area contributed by atoms with Gasteiger partial charge in [-0.25, -0.2) is 4.39 Å². The maximum atomic E-state index is 12.7. The van der Waals surface area contributed by atoms with Gasteiger partial charge in [0, 0.05) is 18.7 Å². The van der Waals surface area contributed by atoms with Crippen molar-refractivity contribution in [3.05, 3.63) is 34.1 Å². The number of hydrogen-bond donors (Lipinski definition) is 0. The van der Waals surface area contributed by atoms with Gasteiger partial charge in [0.2, 0.25) is 0 Å². The Kier molecular flexibility index (Phi) is 6.82. The van der Waals surface area contributed by atoms with E-state index in [0.29, 0.717) is 0 Å². The molecule has 0 fully saturated rings. The van der Waals surface area contributed by atoms with Crippen LogP contribution in [0, 0.1) is 5.82 Å². The van der Waals surface area contributed by atoms with Crippen molar-refractivity contribution in [2.45, 2.75) is 13.3 Å². The van der Waals surface area contributed by atoms with Crippen molar-refractivity contribution >= 4 is 15.9 Å². The van der Waals surface area contributed by atoms with E-state index in [4.69, 9.17) is 0 Å². The second kappa shape index (κ2) is 7.04. The number of methoxy groups -OCH3 is 1. The van der Waals surface area contributed by atoms with E-state index in [9.17, 15) is 4.39 Å². The fourth-order valence-electron chi connectivity index (χ4n) is 0.814. The molecule has 0 atom stereocenters. The predicted molar refractivity (Wildman–Crippen MR) is 56.4 cm³/mol. The minimum atomic E-state index is -0.120. The van der Waals surface area contributed by atoms with Crippen molar-refractivity contribution in [1.29, 1.82) is 0 Å². The molecule has 74 valence electrons. The molecule has 1 aromatic rings. The second-order valence-corrected chi connectivity index (χ2v) is 3.41. The van der Waals surface area contributed by atoms with Crippen LogP contribution in [-0.4, -0.2) is 14.2 Å². The summed E-state index contributed by atoms with van der Waals surface area (Å²) in [6.07, 6.45) is 0.741. The molecule has 1 aromatic carbocycles. The molecule has 0 saturated carbocycles. The Labute approximate surface area is 87.0 Å². The molecular formula is C10H14BrFO. The molecule has 0 aliphatic rings. The van der Waals surface area contributed by atoms with Crippen LogP contribution < -0.4 is 0 Å². The Morgan fingerprint density at radius 2 is 1.92 bits per heavy atom. The Hall–Kier alpha value is -0.410. The van der Waals surface area contributed by atoms with Gasteiger partial charge in [0.15, 0.2) is 0 Å². The lowest BCUT2D eigenvalue weighted by Gasteiger charge is -1.98. The Morgan fingerprint density at radius 3 is 2.31 bits per heavy atom. The fourth-order valence-corrected chi connectivity index (χ4v) is 1.22. The van der Waals surface area contributed by atoms with Gasteiger partial charge in [-0.15, -0.1) is 0 Å². The van der Waals surface area contributed by atoms with E-state index in [1.165, 1.54) is 6.07 Å². The quantitative estimate of drug-likeness (QED) is 0.741. The standard InChI is InChI=1S/C8H8BrF.C2H6O/c1-2-6-5-7(9)3-4-8(6)10;1-3-2/h3-5H,2H2,1H3;1-2H3. The van der Waals surface area contributed by atoms with Gasteiger partial charge in [-0.1, -0.05) is 22.9 Å². The summed E-state index contributed by atoms with van der Waals surface area (Å²) in [4.78, 5) is 0. The molecule has 0 unspecified atom stereocenters. The first-order valence-electron chi connectivity index (χ1n) is 3.99. The molecule has 0 spiro atoms. The number of halogens is 2. The van der Waals surface area contributed by atoms with Crippen molar-refractivity contribution in [1.82, 2.24) is 0 Å². The average Bonchev–Trinajstić information content (AvgIpc) is 2.10. The van der Waals surface area contributed by atoms with E-state index in [1.54, 1.807) is 26.4 Å². The van der Waals surface area contributed by atoms with Gasteiger partial charge in [-0.2, -0.15) is 0 Å². The third-order valence-corrected chi connectivity index (χ3v) is 1.88. The number of benzene rings is 1. The second-order valence-electron chi connectivity index (χ2n) is 2.50. The van der Waals surface area contributed by atoms with Crippen LogP contribution in [-0.2, 0) is 11.2 Å². The average molecular weight is 249 g/mol. The Bertz CT molecular complexity index is 251. The van der Waals surface area contributed by atoms with Gasteiger partial charge in [0.25, 0.3) is 0 Å². The minimum Gasteiger partial charge on any atom is -0.388 e. The van der Waals surface area contributed by atoms with Gasteiger partial charge in [-0.3, -0.25) is 0 Å². The molecule has 0 bridgehead atoms. The first kappa shape index (κ1) is 12.6. The lowest BCUT2D eigenvalue weighted by atomic mass is 10.2. The summed E-state index contributed by atoms with van der Waals surface area (Å²) in [5.74, 6) is -0.120. The topological polar surface area (TPSA) is 9.23 Å². The van der Waals surface area contributed by atoms with Crippen LogP contribution in [0.2, 0.25) is 0 Å². The van der Waals surface area contributed by atoms with Gasteiger partial charge >= 0.3 is 0 Å². The third kappa shape index (κ3) is 5.01. The zero-order valence-corrected chi connectivity index (χ0v) is 9.69. The molecule has 0 amide bonds. The van der Waals surface area contributed by atoms with Crippen LogP contribution in [0.1, 0.15) is 12.5 Å². The summed E-state index contributed by atoms with van der Waals surface area (Å²) in [5, 5.41) is 0. The number of ether oxygens (including phenoxy) is 1. The first-order chi connectivity index (χ1) is 6.15. The highest BCUT2D eigenvalue weighted by molar-refractivity contribution is 9.10. The molecule has 3 heteroatoms. The maximum Gasteiger partial charge on any atom is 0.126 e. The monoisotopic (exact) mass is 248 g/mol. The van der Waals surface area contributed by atoms with Gasteiger partial charge in [0.1, 0.15) is 5.82 Å². The number of hydrogen-bond acceptors (Lipinski definition) is 1. The van der Waals surface area contributed by atoms with Crippen LogP contribution in [0.5, 0.6) is 0 Å². The van der Waals surface area contributed by atoms with E-state index in [0.717, 1.165) is 16.5 Å². The van der Waals surface area contributed by atoms with E-state index in [-0.39, 0.29) is 5.82 Å². The van der Waals surface area contributed by atoms with E-state index >= 15 is 0 Å². The van der Waals surface area contributed by atoms with Gasteiger partial charge in [-0.05, 0) is 30.2 Å². The SMILES string of the molecule is CCc1cc(Br)ccc1F.COC. The molecular weight excluding hydrogens is 235 g/mol. The van der Waals surface area contributed by atoms with E-state index in [1.807, 2.05) is 6.92 Å². The lowest BCUT2D eigenvalue weighted by molar-refractivity contribution is 0.277. The zero-order valence-electron chi connectivity index (χ0n) is 8.10. The van der Waals surface area contributed by atoms with Crippen LogP contribution >= 0.6 is 15.9 Å². The zero-order chi connectivity index (χ0) is 10.3. The smallest absolute Gasteiger partial charge is 0.126 e.